The fraction of sp³-hybridized carbons (Fsp3) is 0.308. The average Bonchev–Trinajstić information content (AvgIpc) is 2.83. The molecule has 2 amide bonds. The molecule has 112 valence electrons. The van der Waals surface area contributed by atoms with Crippen LogP contribution in [-0.4, -0.2) is 28.6 Å². The summed E-state index contributed by atoms with van der Waals surface area (Å²) in [6, 6.07) is 5.14. The van der Waals surface area contributed by atoms with Crippen molar-refractivity contribution < 1.29 is 14.7 Å². The zero-order valence-corrected chi connectivity index (χ0v) is 12.6. The second-order valence-corrected chi connectivity index (χ2v) is 5.88. The number of benzene rings is 1. The van der Waals surface area contributed by atoms with Crippen LogP contribution in [0.2, 0.25) is 5.02 Å². The summed E-state index contributed by atoms with van der Waals surface area (Å²) in [5, 5.41) is 15.2. The van der Waals surface area contributed by atoms with Crippen molar-refractivity contribution in [1.29, 1.82) is 0 Å². The first-order valence-electron chi connectivity index (χ1n) is 6.33. The molecular formula is C13H14ClN3O3S. The molecule has 1 aromatic heterocycles. The predicted octanol–water partition coefficient (Wildman–Crippen LogP) is 2.61. The lowest BCUT2D eigenvalue weighted by Gasteiger charge is -2.05. The minimum atomic E-state index is -0.870. The van der Waals surface area contributed by atoms with E-state index >= 15 is 0 Å². The number of hydrogen-bond donors (Lipinski definition) is 3. The van der Waals surface area contributed by atoms with Gasteiger partial charge in [-0.25, -0.2) is 9.78 Å². The van der Waals surface area contributed by atoms with Crippen molar-refractivity contribution in [3.63, 3.8) is 0 Å². The first-order chi connectivity index (χ1) is 10.0. The largest absolute Gasteiger partial charge is 0.481 e. The number of carbonyl (C=O) groups excluding carboxylic acids is 1. The van der Waals surface area contributed by atoms with Crippen LogP contribution in [0.5, 0.6) is 0 Å². The molecule has 2 rings (SSSR count). The van der Waals surface area contributed by atoms with Gasteiger partial charge < -0.3 is 15.7 Å². The maximum Gasteiger partial charge on any atom is 0.315 e. The molecule has 6 nitrogen and oxygen atoms in total. The van der Waals surface area contributed by atoms with Crippen molar-refractivity contribution in [2.75, 3.05) is 6.54 Å². The third-order valence-electron chi connectivity index (χ3n) is 2.65. The molecule has 0 bridgehead atoms. The van der Waals surface area contributed by atoms with Crippen LogP contribution < -0.4 is 10.6 Å². The number of hydrogen-bond acceptors (Lipinski definition) is 4. The number of urea groups is 1. The fourth-order valence-corrected chi connectivity index (χ4v) is 2.74. The molecule has 0 aliphatic carbocycles. The number of rotatable bonds is 6. The summed E-state index contributed by atoms with van der Waals surface area (Å²) in [5.41, 5.74) is 0.811. The van der Waals surface area contributed by atoms with Gasteiger partial charge in [-0.05, 0) is 24.6 Å². The van der Waals surface area contributed by atoms with Crippen LogP contribution >= 0.6 is 22.9 Å². The van der Waals surface area contributed by atoms with E-state index in [-0.39, 0.29) is 12.5 Å². The number of aromatic nitrogens is 1. The lowest BCUT2D eigenvalue weighted by atomic mass is 10.3. The van der Waals surface area contributed by atoms with Crippen molar-refractivity contribution in [1.82, 2.24) is 15.6 Å². The van der Waals surface area contributed by atoms with Crippen LogP contribution in [0, 0.1) is 0 Å². The van der Waals surface area contributed by atoms with E-state index in [1.165, 1.54) is 11.3 Å². The van der Waals surface area contributed by atoms with Gasteiger partial charge in [0.1, 0.15) is 5.01 Å². The monoisotopic (exact) mass is 327 g/mol. The summed E-state index contributed by atoms with van der Waals surface area (Å²) < 4.78 is 1.01. The van der Waals surface area contributed by atoms with E-state index < -0.39 is 5.97 Å². The van der Waals surface area contributed by atoms with Crippen LogP contribution in [0.3, 0.4) is 0 Å². The van der Waals surface area contributed by atoms with Gasteiger partial charge >= 0.3 is 12.0 Å². The quantitative estimate of drug-likeness (QED) is 0.711. The van der Waals surface area contributed by atoms with Crippen LogP contribution in [0.4, 0.5) is 4.79 Å². The number of carboxylic acid groups (broad SMARTS) is 1. The highest BCUT2D eigenvalue weighted by atomic mass is 35.5. The van der Waals surface area contributed by atoms with Crippen LogP contribution in [0.25, 0.3) is 10.2 Å². The highest BCUT2D eigenvalue weighted by Gasteiger charge is 2.06. The van der Waals surface area contributed by atoms with Gasteiger partial charge in [-0.2, -0.15) is 0 Å². The Labute approximate surface area is 130 Å². The topological polar surface area (TPSA) is 91.3 Å². The Bertz CT molecular complexity index is 659. The van der Waals surface area contributed by atoms with E-state index in [0.29, 0.717) is 24.5 Å². The smallest absolute Gasteiger partial charge is 0.315 e. The Hall–Kier alpha value is -1.86. The van der Waals surface area contributed by atoms with E-state index in [1.807, 2.05) is 6.07 Å². The molecule has 3 N–H and O–H groups in total. The van der Waals surface area contributed by atoms with Gasteiger partial charge in [0.05, 0.1) is 16.8 Å². The molecule has 21 heavy (non-hydrogen) atoms. The summed E-state index contributed by atoms with van der Waals surface area (Å²) in [6.45, 7) is 0.648. The Morgan fingerprint density at radius 3 is 2.90 bits per heavy atom. The van der Waals surface area contributed by atoms with Crippen LogP contribution in [0.15, 0.2) is 18.2 Å². The minimum Gasteiger partial charge on any atom is -0.481 e. The molecule has 0 spiro atoms. The third-order valence-corrected chi connectivity index (χ3v) is 3.92. The number of nitrogens with zero attached hydrogens (tertiary/aromatic N) is 1. The summed E-state index contributed by atoms with van der Waals surface area (Å²) in [5.74, 6) is -0.870. The van der Waals surface area contributed by atoms with Crippen molar-refractivity contribution in [3.05, 3.63) is 28.2 Å². The average molecular weight is 328 g/mol. The zero-order valence-electron chi connectivity index (χ0n) is 11.1. The number of nitrogens with one attached hydrogen (secondary N) is 2. The molecule has 0 saturated heterocycles. The van der Waals surface area contributed by atoms with E-state index in [4.69, 9.17) is 16.7 Å². The van der Waals surface area contributed by atoms with Gasteiger partial charge in [0.25, 0.3) is 0 Å². The van der Waals surface area contributed by atoms with Gasteiger partial charge in [-0.3, -0.25) is 4.79 Å². The summed E-state index contributed by atoms with van der Waals surface area (Å²) in [4.78, 5) is 26.2. The predicted molar refractivity (Wildman–Crippen MR) is 81.7 cm³/mol. The Balaban J connectivity index is 1.78. The molecule has 0 aliphatic rings. The molecular weight excluding hydrogens is 314 g/mol. The second kappa shape index (κ2) is 7.24. The Morgan fingerprint density at radius 1 is 1.33 bits per heavy atom. The molecule has 1 heterocycles. The maximum absolute atomic E-state index is 11.5. The van der Waals surface area contributed by atoms with E-state index in [0.717, 1.165) is 15.2 Å². The first-order valence-corrected chi connectivity index (χ1v) is 7.52. The first kappa shape index (κ1) is 15.5. The standard InChI is InChI=1S/C13H14ClN3O3S/c14-8-3-4-10-9(6-8)17-11(21-10)7-16-13(20)15-5-1-2-12(18)19/h3-4,6H,1-2,5,7H2,(H,18,19)(H2,15,16,20). The number of carbonyl (C=O) groups is 2. The summed E-state index contributed by atoms with van der Waals surface area (Å²) in [7, 11) is 0. The van der Waals surface area contributed by atoms with E-state index in [1.54, 1.807) is 12.1 Å². The summed E-state index contributed by atoms with van der Waals surface area (Å²) >= 11 is 7.38. The van der Waals surface area contributed by atoms with E-state index in [9.17, 15) is 9.59 Å². The molecule has 0 atom stereocenters. The van der Waals surface area contributed by atoms with Crippen molar-refractivity contribution in [2.24, 2.45) is 0 Å². The number of aliphatic carboxylic acids is 1. The molecule has 1 aromatic carbocycles. The number of carboxylic acids is 1. The fourth-order valence-electron chi connectivity index (χ4n) is 1.68. The van der Waals surface area contributed by atoms with Crippen LogP contribution in [-0.2, 0) is 11.3 Å². The highest BCUT2D eigenvalue weighted by molar-refractivity contribution is 7.18. The highest BCUT2D eigenvalue weighted by Crippen LogP contribution is 2.24. The Kier molecular flexibility index (Phi) is 5.35. The molecule has 0 radical (unpaired) electrons. The molecule has 0 fully saturated rings. The SMILES string of the molecule is O=C(O)CCCNC(=O)NCc1nc2cc(Cl)ccc2s1. The van der Waals surface area contributed by atoms with Gasteiger partial charge in [0.2, 0.25) is 0 Å². The molecule has 8 heteroatoms. The normalized spacial score (nSPS) is 10.5. The zero-order chi connectivity index (χ0) is 15.2. The third kappa shape index (κ3) is 4.87. The number of halogens is 1. The molecule has 2 aromatic rings. The molecule has 0 aliphatic heterocycles. The van der Waals surface area contributed by atoms with Crippen molar-refractivity contribution >= 4 is 45.2 Å². The molecule has 0 saturated carbocycles. The van der Waals surface area contributed by atoms with Crippen LogP contribution in [0.1, 0.15) is 17.8 Å². The van der Waals surface area contributed by atoms with Gasteiger partial charge in [-0.1, -0.05) is 11.6 Å². The number of thiazole rings is 1. The molecule has 0 unspecified atom stereocenters. The maximum atomic E-state index is 11.5. The van der Waals surface area contributed by atoms with Crippen molar-refractivity contribution in [2.45, 2.75) is 19.4 Å². The lowest BCUT2D eigenvalue weighted by molar-refractivity contribution is -0.137. The minimum absolute atomic E-state index is 0.0406. The van der Waals surface area contributed by atoms with Crippen molar-refractivity contribution in [3.8, 4) is 0 Å². The summed E-state index contributed by atoms with van der Waals surface area (Å²) in [6.07, 6.45) is 0.446. The number of amides is 2. The van der Waals surface area contributed by atoms with Gasteiger partial charge in [0.15, 0.2) is 0 Å². The number of fused-ring (bicyclic) bond motifs is 1. The van der Waals surface area contributed by atoms with E-state index in [2.05, 4.69) is 15.6 Å². The van der Waals surface area contributed by atoms with Gasteiger partial charge in [-0.15, -0.1) is 11.3 Å². The Morgan fingerprint density at radius 2 is 2.14 bits per heavy atom. The lowest BCUT2D eigenvalue weighted by Crippen LogP contribution is -2.35. The van der Waals surface area contributed by atoms with Gasteiger partial charge in [0, 0.05) is 18.0 Å². The second-order valence-electron chi connectivity index (χ2n) is 4.33.